The van der Waals surface area contributed by atoms with Crippen LogP contribution in [0.15, 0.2) is 0 Å². The van der Waals surface area contributed by atoms with Crippen LogP contribution in [0, 0.1) is 0 Å². The van der Waals surface area contributed by atoms with Crippen LogP contribution in [0.3, 0.4) is 0 Å². The van der Waals surface area contributed by atoms with Gasteiger partial charge in [0.15, 0.2) is 0 Å². The largest absolute Gasteiger partial charge is 0.469 e. The summed E-state index contributed by atoms with van der Waals surface area (Å²) >= 11 is 0. The van der Waals surface area contributed by atoms with Crippen molar-refractivity contribution in [3.63, 3.8) is 0 Å². The number of phosphoric ester groups is 1. The molecule has 0 aromatic rings. The van der Waals surface area contributed by atoms with Crippen LogP contribution in [0.4, 0.5) is 0 Å². The second-order valence-corrected chi connectivity index (χ2v) is 4.15. The highest BCUT2D eigenvalue weighted by Gasteiger charge is 2.41. The molecule has 8 nitrogen and oxygen atoms in total. The molecule has 1 heterocycles. The fourth-order valence-electron chi connectivity index (χ4n) is 1.09. The minimum absolute atomic E-state index is 0.532. The van der Waals surface area contributed by atoms with E-state index < -0.39 is 39.0 Å². The molecule has 0 spiro atoms. The number of rotatable bonds is 3. The summed E-state index contributed by atoms with van der Waals surface area (Å²) < 4.78 is 19.2. The number of hydrogen-bond donors (Lipinski definition) is 5. The van der Waals surface area contributed by atoms with Gasteiger partial charge in [0.2, 0.25) is 0 Å². The van der Waals surface area contributed by atoms with E-state index in [0.717, 1.165) is 0 Å². The Kier molecular flexibility index (Phi) is 3.62. The van der Waals surface area contributed by atoms with Gasteiger partial charge in [0.05, 0.1) is 6.61 Å². The lowest BCUT2D eigenvalue weighted by molar-refractivity contribution is -0.0197. The molecule has 1 aliphatic rings. The van der Waals surface area contributed by atoms with Gasteiger partial charge in [-0.1, -0.05) is 0 Å². The molecule has 14 heavy (non-hydrogen) atoms. The Labute approximate surface area is 79.5 Å². The number of aliphatic hydroxyl groups excluding tert-OH is 2. The number of hydrogen-bond acceptors (Lipinski definition) is 6. The molecular formula is C5H12NO7P. The summed E-state index contributed by atoms with van der Waals surface area (Å²) in [5.41, 5.74) is 5.22. The molecule has 0 aliphatic carbocycles. The molecule has 0 aromatic carbocycles. The van der Waals surface area contributed by atoms with E-state index >= 15 is 0 Å². The van der Waals surface area contributed by atoms with Crippen LogP contribution in [0.25, 0.3) is 0 Å². The average molecular weight is 229 g/mol. The van der Waals surface area contributed by atoms with Crippen LogP contribution in [0.5, 0.6) is 0 Å². The monoisotopic (exact) mass is 229 g/mol. The van der Waals surface area contributed by atoms with Crippen molar-refractivity contribution in [2.24, 2.45) is 5.73 Å². The first-order valence-electron chi connectivity index (χ1n) is 3.78. The van der Waals surface area contributed by atoms with E-state index in [9.17, 15) is 9.67 Å². The number of aliphatic hydroxyl groups is 2. The Hall–Kier alpha value is -0.0500. The summed E-state index contributed by atoms with van der Waals surface area (Å²) in [6, 6.07) is 0. The zero-order valence-corrected chi connectivity index (χ0v) is 7.95. The van der Waals surface area contributed by atoms with Crippen molar-refractivity contribution < 1.29 is 33.8 Å². The molecular weight excluding hydrogens is 217 g/mol. The maximum Gasteiger partial charge on any atom is 0.469 e. The molecule has 0 saturated carbocycles. The van der Waals surface area contributed by atoms with Crippen molar-refractivity contribution in [1.82, 2.24) is 0 Å². The maximum atomic E-state index is 10.3. The maximum absolute atomic E-state index is 10.3. The molecule has 1 saturated heterocycles. The Morgan fingerprint density at radius 3 is 2.29 bits per heavy atom. The van der Waals surface area contributed by atoms with Gasteiger partial charge in [-0.15, -0.1) is 0 Å². The van der Waals surface area contributed by atoms with Crippen LogP contribution in [0.2, 0.25) is 0 Å². The topological polar surface area (TPSA) is 142 Å². The van der Waals surface area contributed by atoms with Crippen LogP contribution in [-0.4, -0.2) is 51.1 Å². The van der Waals surface area contributed by atoms with E-state index in [0.29, 0.717) is 0 Å². The standard InChI is InChI=1S/C5H12NO7P/c6-5-4(8)3(7)2(13-5)1-12-14(9,10)11/h2-5,7-8H,1,6H2,(H2,9,10,11)/t2-,3-,4-,5+/m1/s1. The predicted octanol–water partition coefficient (Wildman–Crippen LogP) is -2.50. The third-order valence-electron chi connectivity index (χ3n) is 1.81. The highest BCUT2D eigenvalue weighted by molar-refractivity contribution is 7.46. The highest BCUT2D eigenvalue weighted by atomic mass is 31.2. The zero-order valence-electron chi connectivity index (χ0n) is 7.05. The van der Waals surface area contributed by atoms with Crippen LogP contribution < -0.4 is 5.73 Å². The fourth-order valence-corrected chi connectivity index (χ4v) is 1.43. The third kappa shape index (κ3) is 2.97. The summed E-state index contributed by atoms with van der Waals surface area (Å²) in [5.74, 6) is 0. The van der Waals surface area contributed by atoms with Gasteiger partial charge in [-0.3, -0.25) is 4.52 Å². The van der Waals surface area contributed by atoms with E-state index in [2.05, 4.69) is 4.52 Å². The molecule has 84 valence electrons. The Balaban J connectivity index is 2.44. The lowest BCUT2D eigenvalue weighted by Gasteiger charge is -2.14. The van der Waals surface area contributed by atoms with Gasteiger partial charge in [-0.25, -0.2) is 4.57 Å². The Morgan fingerprint density at radius 1 is 1.36 bits per heavy atom. The van der Waals surface area contributed by atoms with Crippen LogP contribution in [0.1, 0.15) is 0 Å². The smallest absolute Gasteiger partial charge is 0.387 e. The second kappa shape index (κ2) is 4.21. The summed E-state index contributed by atoms with van der Waals surface area (Å²) in [6.45, 7) is -0.532. The van der Waals surface area contributed by atoms with E-state index in [1.807, 2.05) is 0 Å². The Bertz CT molecular complexity index is 242. The van der Waals surface area contributed by atoms with Crippen molar-refractivity contribution in [2.75, 3.05) is 6.61 Å². The molecule has 0 amide bonds. The van der Waals surface area contributed by atoms with E-state index in [-0.39, 0.29) is 0 Å². The van der Waals surface area contributed by atoms with E-state index in [4.69, 9.17) is 25.4 Å². The first-order valence-corrected chi connectivity index (χ1v) is 5.31. The van der Waals surface area contributed by atoms with Crippen molar-refractivity contribution in [3.8, 4) is 0 Å². The fraction of sp³-hybridized carbons (Fsp3) is 1.00. The van der Waals surface area contributed by atoms with E-state index in [1.54, 1.807) is 0 Å². The van der Waals surface area contributed by atoms with Crippen molar-refractivity contribution in [2.45, 2.75) is 24.5 Å². The van der Waals surface area contributed by atoms with Crippen LogP contribution >= 0.6 is 7.82 Å². The minimum atomic E-state index is -4.60. The van der Waals surface area contributed by atoms with Crippen LogP contribution in [-0.2, 0) is 13.8 Å². The average Bonchev–Trinajstić information content (AvgIpc) is 2.28. The van der Waals surface area contributed by atoms with Crippen molar-refractivity contribution in [3.05, 3.63) is 0 Å². The lowest BCUT2D eigenvalue weighted by Crippen LogP contribution is -2.37. The molecule has 1 fully saturated rings. The number of phosphoric acid groups is 1. The Morgan fingerprint density at radius 2 is 1.93 bits per heavy atom. The molecule has 0 radical (unpaired) electrons. The summed E-state index contributed by atoms with van der Waals surface area (Å²) in [5, 5.41) is 18.4. The zero-order chi connectivity index (χ0) is 10.9. The van der Waals surface area contributed by atoms with Gasteiger partial charge in [0.1, 0.15) is 24.5 Å². The number of nitrogens with two attached hydrogens (primary N) is 1. The molecule has 4 atom stereocenters. The molecule has 0 unspecified atom stereocenters. The minimum Gasteiger partial charge on any atom is -0.387 e. The van der Waals surface area contributed by atoms with Gasteiger partial charge in [0, 0.05) is 0 Å². The first kappa shape index (κ1) is 12.0. The number of ether oxygens (including phenoxy) is 1. The first-order chi connectivity index (χ1) is 6.31. The van der Waals surface area contributed by atoms with Crippen molar-refractivity contribution in [1.29, 1.82) is 0 Å². The normalized spacial score (nSPS) is 38.9. The van der Waals surface area contributed by atoms with Gasteiger partial charge >= 0.3 is 7.82 Å². The second-order valence-electron chi connectivity index (χ2n) is 2.91. The van der Waals surface area contributed by atoms with E-state index in [1.165, 1.54) is 0 Å². The van der Waals surface area contributed by atoms with Gasteiger partial charge in [-0.2, -0.15) is 0 Å². The van der Waals surface area contributed by atoms with Gasteiger partial charge in [0.25, 0.3) is 0 Å². The van der Waals surface area contributed by atoms with Crippen molar-refractivity contribution >= 4 is 7.82 Å². The highest BCUT2D eigenvalue weighted by Crippen LogP contribution is 2.36. The molecule has 6 N–H and O–H groups in total. The molecule has 1 aliphatic heterocycles. The molecule has 0 aromatic heterocycles. The molecule has 9 heteroatoms. The summed E-state index contributed by atoms with van der Waals surface area (Å²) in [7, 11) is -4.60. The van der Waals surface area contributed by atoms with Gasteiger partial charge in [-0.05, 0) is 0 Å². The molecule has 0 bridgehead atoms. The quantitative estimate of drug-likeness (QED) is 0.334. The molecule has 1 rings (SSSR count). The SMILES string of the molecule is N[C@H]1O[C@H](COP(=O)(O)O)[C@@H](O)[C@H]1O. The predicted molar refractivity (Wildman–Crippen MR) is 42.9 cm³/mol. The summed E-state index contributed by atoms with van der Waals surface area (Å²) in [6.07, 6.45) is -4.69. The lowest BCUT2D eigenvalue weighted by atomic mass is 10.1. The van der Waals surface area contributed by atoms with Gasteiger partial charge < -0.3 is 30.5 Å². The third-order valence-corrected chi connectivity index (χ3v) is 2.29. The summed E-state index contributed by atoms with van der Waals surface area (Å²) in [4.78, 5) is 16.7.